The van der Waals surface area contributed by atoms with Crippen LogP contribution in [0, 0.1) is 6.92 Å². The Morgan fingerprint density at radius 2 is 2.18 bits per heavy atom. The summed E-state index contributed by atoms with van der Waals surface area (Å²) in [5.41, 5.74) is 2.40. The van der Waals surface area contributed by atoms with Gasteiger partial charge in [-0.15, -0.1) is 0 Å². The Morgan fingerprint density at radius 3 is 2.95 bits per heavy atom. The first-order chi connectivity index (χ1) is 10.7. The summed E-state index contributed by atoms with van der Waals surface area (Å²) in [5, 5.41) is 3.70. The summed E-state index contributed by atoms with van der Waals surface area (Å²) >= 11 is 0. The van der Waals surface area contributed by atoms with Crippen LogP contribution < -0.4 is 10.1 Å². The number of nitrogens with one attached hydrogen (secondary N) is 1. The maximum Gasteiger partial charge on any atom is 0.230 e. The highest BCUT2D eigenvalue weighted by molar-refractivity contribution is 5.94. The summed E-state index contributed by atoms with van der Waals surface area (Å²) in [6, 6.07) is 11.1. The molecule has 2 heterocycles. The number of ether oxygens (including phenoxy) is 1. The fourth-order valence-corrected chi connectivity index (χ4v) is 2.30. The van der Waals surface area contributed by atoms with Gasteiger partial charge in [0.1, 0.15) is 17.2 Å². The van der Waals surface area contributed by atoms with Crippen LogP contribution in [-0.2, 0) is 11.2 Å². The van der Waals surface area contributed by atoms with Gasteiger partial charge in [0, 0.05) is 22.7 Å². The first-order valence-corrected chi connectivity index (χ1v) is 6.93. The van der Waals surface area contributed by atoms with Crippen LogP contribution >= 0.6 is 0 Å². The number of aromatic nitrogens is 1. The Morgan fingerprint density at radius 1 is 1.32 bits per heavy atom. The monoisotopic (exact) mass is 296 g/mol. The zero-order chi connectivity index (χ0) is 15.5. The highest BCUT2D eigenvalue weighted by Gasteiger charge is 2.11. The summed E-state index contributed by atoms with van der Waals surface area (Å²) in [4.78, 5) is 16.4. The molecule has 0 fully saturated rings. The lowest BCUT2D eigenvalue weighted by molar-refractivity contribution is -0.115. The van der Waals surface area contributed by atoms with Gasteiger partial charge in [-0.1, -0.05) is 6.07 Å². The quantitative estimate of drug-likeness (QED) is 0.802. The van der Waals surface area contributed by atoms with Crippen molar-refractivity contribution >= 4 is 22.7 Å². The van der Waals surface area contributed by atoms with Crippen LogP contribution in [0.25, 0.3) is 11.0 Å². The fraction of sp³-hybridized carbons (Fsp3) is 0.176. The van der Waals surface area contributed by atoms with E-state index in [0.29, 0.717) is 11.4 Å². The van der Waals surface area contributed by atoms with Crippen molar-refractivity contribution in [2.75, 3.05) is 12.4 Å². The second kappa shape index (κ2) is 5.89. The van der Waals surface area contributed by atoms with E-state index in [1.807, 2.05) is 31.2 Å². The van der Waals surface area contributed by atoms with E-state index in [0.717, 1.165) is 22.4 Å². The lowest BCUT2D eigenvalue weighted by atomic mass is 10.1. The Hall–Kier alpha value is -2.82. The Bertz CT molecular complexity index is 824. The summed E-state index contributed by atoms with van der Waals surface area (Å²) in [5.74, 6) is 1.15. The van der Waals surface area contributed by atoms with Crippen LogP contribution in [-0.4, -0.2) is 18.0 Å². The third-order valence-electron chi connectivity index (χ3n) is 3.37. The summed E-state index contributed by atoms with van der Waals surface area (Å²) < 4.78 is 10.6. The highest BCUT2D eigenvalue weighted by atomic mass is 16.5. The maximum absolute atomic E-state index is 12.1. The van der Waals surface area contributed by atoms with E-state index >= 15 is 0 Å². The summed E-state index contributed by atoms with van der Waals surface area (Å²) in [7, 11) is 1.60. The highest BCUT2D eigenvalue weighted by Crippen LogP contribution is 2.26. The number of anilines is 1. The van der Waals surface area contributed by atoms with Crippen molar-refractivity contribution in [1.82, 2.24) is 4.98 Å². The third kappa shape index (κ3) is 2.93. The molecule has 0 bridgehead atoms. The topological polar surface area (TPSA) is 64.4 Å². The van der Waals surface area contributed by atoms with Gasteiger partial charge >= 0.3 is 0 Å². The molecule has 0 atom stereocenters. The molecule has 0 aliphatic rings. The largest absolute Gasteiger partial charge is 0.497 e. The molecule has 5 nitrogen and oxygen atoms in total. The van der Waals surface area contributed by atoms with E-state index in [4.69, 9.17) is 9.15 Å². The van der Waals surface area contributed by atoms with E-state index in [9.17, 15) is 4.79 Å². The van der Waals surface area contributed by atoms with Crippen LogP contribution in [0.1, 0.15) is 11.3 Å². The number of hydrogen-bond donors (Lipinski definition) is 1. The minimum atomic E-state index is -0.128. The number of amides is 1. The summed E-state index contributed by atoms with van der Waals surface area (Å²) in [6.07, 6.45) is 1.84. The molecule has 2 aromatic heterocycles. The van der Waals surface area contributed by atoms with Crippen LogP contribution in [0.5, 0.6) is 5.75 Å². The Labute approximate surface area is 127 Å². The van der Waals surface area contributed by atoms with Crippen molar-refractivity contribution < 1.29 is 13.9 Å². The van der Waals surface area contributed by atoms with Crippen molar-refractivity contribution in [2.45, 2.75) is 13.3 Å². The average molecular weight is 296 g/mol. The van der Waals surface area contributed by atoms with Crippen LogP contribution in [0.2, 0.25) is 0 Å². The Balaban J connectivity index is 1.76. The molecular formula is C17H16N2O3. The SMILES string of the molecule is COc1ccc2c(CC(=O)Nc3cccc(C)n3)coc2c1. The average Bonchev–Trinajstić information content (AvgIpc) is 2.89. The molecule has 3 aromatic rings. The second-order valence-corrected chi connectivity index (χ2v) is 5.01. The number of rotatable bonds is 4. The predicted octanol–water partition coefficient (Wildman–Crippen LogP) is 3.33. The fourth-order valence-electron chi connectivity index (χ4n) is 2.30. The van der Waals surface area contributed by atoms with Gasteiger partial charge < -0.3 is 14.5 Å². The molecule has 0 aliphatic carbocycles. The number of methoxy groups -OCH3 is 1. The summed E-state index contributed by atoms with van der Waals surface area (Å²) in [6.45, 7) is 1.88. The molecule has 0 aliphatic heterocycles. The van der Waals surface area contributed by atoms with Gasteiger partial charge in [0.25, 0.3) is 0 Å². The number of carbonyl (C=O) groups is 1. The third-order valence-corrected chi connectivity index (χ3v) is 3.37. The molecule has 0 saturated heterocycles. The van der Waals surface area contributed by atoms with Gasteiger partial charge in [-0.05, 0) is 31.2 Å². The standard InChI is InChI=1S/C17H16N2O3/c1-11-4-3-5-16(18-11)19-17(20)8-12-10-22-15-9-13(21-2)6-7-14(12)15/h3-7,9-10H,8H2,1-2H3,(H,18,19,20). The predicted molar refractivity (Wildman–Crippen MR) is 84.1 cm³/mol. The van der Waals surface area contributed by atoms with E-state index in [-0.39, 0.29) is 12.3 Å². The molecule has 1 amide bonds. The number of fused-ring (bicyclic) bond motifs is 1. The minimum Gasteiger partial charge on any atom is -0.497 e. The van der Waals surface area contributed by atoms with Crippen molar-refractivity contribution in [3.8, 4) is 5.75 Å². The smallest absolute Gasteiger partial charge is 0.230 e. The lowest BCUT2D eigenvalue weighted by Crippen LogP contribution is -2.15. The van der Waals surface area contributed by atoms with Crippen LogP contribution in [0.15, 0.2) is 47.1 Å². The van der Waals surface area contributed by atoms with E-state index in [1.54, 1.807) is 25.5 Å². The van der Waals surface area contributed by atoms with Gasteiger partial charge in [-0.2, -0.15) is 0 Å². The lowest BCUT2D eigenvalue weighted by Gasteiger charge is -2.04. The first-order valence-electron chi connectivity index (χ1n) is 6.93. The van der Waals surface area contributed by atoms with E-state index < -0.39 is 0 Å². The molecule has 112 valence electrons. The normalized spacial score (nSPS) is 10.6. The molecule has 0 radical (unpaired) electrons. The molecule has 3 rings (SSSR count). The van der Waals surface area contributed by atoms with Crippen molar-refractivity contribution in [3.05, 3.63) is 53.9 Å². The number of hydrogen-bond acceptors (Lipinski definition) is 4. The molecule has 22 heavy (non-hydrogen) atoms. The van der Waals surface area contributed by atoms with Crippen molar-refractivity contribution in [3.63, 3.8) is 0 Å². The van der Waals surface area contributed by atoms with Gasteiger partial charge in [0.15, 0.2) is 0 Å². The molecule has 5 heteroatoms. The number of aryl methyl sites for hydroxylation is 1. The number of pyridine rings is 1. The van der Waals surface area contributed by atoms with Gasteiger partial charge in [0.05, 0.1) is 19.8 Å². The second-order valence-electron chi connectivity index (χ2n) is 5.01. The van der Waals surface area contributed by atoms with Crippen molar-refractivity contribution in [1.29, 1.82) is 0 Å². The zero-order valence-corrected chi connectivity index (χ0v) is 12.4. The minimum absolute atomic E-state index is 0.128. The molecule has 0 unspecified atom stereocenters. The first kappa shape index (κ1) is 14.1. The molecule has 1 N–H and O–H groups in total. The molecule has 0 spiro atoms. The van der Waals surface area contributed by atoms with Gasteiger partial charge in [-0.25, -0.2) is 4.98 Å². The van der Waals surface area contributed by atoms with Crippen LogP contribution in [0.4, 0.5) is 5.82 Å². The van der Waals surface area contributed by atoms with Crippen LogP contribution in [0.3, 0.4) is 0 Å². The van der Waals surface area contributed by atoms with E-state index in [1.165, 1.54) is 0 Å². The van der Waals surface area contributed by atoms with Crippen molar-refractivity contribution in [2.24, 2.45) is 0 Å². The Kier molecular flexibility index (Phi) is 3.78. The van der Waals surface area contributed by atoms with E-state index in [2.05, 4.69) is 10.3 Å². The zero-order valence-electron chi connectivity index (χ0n) is 12.4. The number of benzene rings is 1. The number of nitrogens with zero attached hydrogens (tertiary/aromatic N) is 1. The van der Waals surface area contributed by atoms with Gasteiger partial charge in [-0.3, -0.25) is 4.79 Å². The number of furan rings is 1. The molecule has 1 aromatic carbocycles. The van der Waals surface area contributed by atoms with Gasteiger partial charge in [0.2, 0.25) is 5.91 Å². The maximum atomic E-state index is 12.1. The number of carbonyl (C=O) groups excluding carboxylic acids is 1. The molecular weight excluding hydrogens is 280 g/mol. The molecule has 0 saturated carbocycles.